The molecule has 0 unspecified atom stereocenters. The number of rotatable bonds is 5. The van der Waals surface area contributed by atoms with Crippen LogP contribution in [0.3, 0.4) is 0 Å². The van der Waals surface area contributed by atoms with Crippen LogP contribution in [-0.2, 0) is 6.42 Å². The van der Waals surface area contributed by atoms with Crippen molar-refractivity contribution in [2.75, 3.05) is 11.9 Å². The van der Waals surface area contributed by atoms with Gasteiger partial charge in [-0.15, -0.1) is 0 Å². The van der Waals surface area contributed by atoms with Crippen LogP contribution < -0.4 is 10.1 Å². The predicted octanol–water partition coefficient (Wildman–Crippen LogP) is 4.57. The van der Waals surface area contributed by atoms with Crippen molar-refractivity contribution >= 4 is 29.0 Å². The monoisotopic (exact) mass is 311 g/mol. The maximum absolute atomic E-state index is 5.95. The molecule has 1 N–H and O–H groups in total. The van der Waals surface area contributed by atoms with E-state index in [9.17, 15) is 0 Å². The Hall–Kier alpha value is -1.52. The molecule has 0 saturated carbocycles. The maximum atomic E-state index is 5.95. The summed E-state index contributed by atoms with van der Waals surface area (Å²) in [5.74, 6) is 2.46. The summed E-state index contributed by atoms with van der Waals surface area (Å²) in [4.78, 5) is 8.69. The van der Waals surface area contributed by atoms with Crippen LogP contribution in [0.5, 0.6) is 11.6 Å². The van der Waals surface area contributed by atoms with Crippen molar-refractivity contribution in [3.63, 3.8) is 0 Å². The average Bonchev–Trinajstić information content (AvgIpc) is 2.37. The third-order valence-corrected chi connectivity index (χ3v) is 2.92. The largest absolute Gasteiger partial charge is 0.439 e. The molecule has 2 rings (SSSR count). The smallest absolute Gasteiger partial charge is 0.224 e. The zero-order chi connectivity index (χ0) is 14.5. The number of hydrogen-bond donors (Lipinski definition) is 1. The van der Waals surface area contributed by atoms with Gasteiger partial charge in [0.25, 0.3) is 0 Å². The molecule has 0 radical (unpaired) electrons. The van der Waals surface area contributed by atoms with Gasteiger partial charge in [0.15, 0.2) is 0 Å². The SMILES string of the molecule is CCNc1cc(Oc2cc(Cl)cc(Cl)c2)nc(CC)n1. The Labute approximate surface area is 128 Å². The highest BCUT2D eigenvalue weighted by Crippen LogP contribution is 2.28. The molecular weight excluding hydrogens is 297 g/mol. The minimum absolute atomic E-state index is 0.464. The molecule has 0 aliphatic heterocycles. The summed E-state index contributed by atoms with van der Waals surface area (Å²) in [7, 11) is 0. The number of aromatic nitrogens is 2. The summed E-state index contributed by atoms with van der Waals surface area (Å²) in [5, 5.41) is 4.18. The Morgan fingerprint density at radius 1 is 1.05 bits per heavy atom. The fraction of sp³-hybridized carbons (Fsp3) is 0.286. The molecule has 0 aliphatic rings. The van der Waals surface area contributed by atoms with Crippen molar-refractivity contribution in [1.82, 2.24) is 9.97 Å². The van der Waals surface area contributed by atoms with Crippen LogP contribution in [0.1, 0.15) is 19.7 Å². The first-order valence-corrected chi connectivity index (χ1v) is 7.12. The van der Waals surface area contributed by atoms with Crippen LogP contribution in [0.2, 0.25) is 10.0 Å². The summed E-state index contributed by atoms with van der Waals surface area (Å²) in [6.45, 7) is 4.78. The van der Waals surface area contributed by atoms with Gasteiger partial charge in [-0.05, 0) is 25.1 Å². The van der Waals surface area contributed by atoms with Gasteiger partial charge >= 0.3 is 0 Å². The summed E-state index contributed by atoms with van der Waals surface area (Å²) in [6.07, 6.45) is 0.728. The highest BCUT2D eigenvalue weighted by molar-refractivity contribution is 6.34. The van der Waals surface area contributed by atoms with Gasteiger partial charge in [-0.1, -0.05) is 30.1 Å². The Morgan fingerprint density at radius 2 is 1.75 bits per heavy atom. The zero-order valence-corrected chi connectivity index (χ0v) is 12.8. The molecule has 4 nitrogen and oxygen atoms in total. The van der Waals surface area contributed by atoms with Crippen LogP contribution >= 0.6 is 23.2 Å². The van der Waals surface area contributed by atoms with E-state index in [0.29, 0.717) is 27.5 Å². The lowest BCUT2D eigenvalue weighted by Gasteiger charge is -2.09. The molecule has 1 aromatic heterocycles. The Morgan fingerprint density at radius 3 is 2.35 bits per heavy atom. The molecule has 6 heteroatoms. The molecule has 0 bridgehead atoms. The normalized spacial score (nSPS) is 10.4. The molecule has 106 valence electrons. The quantitative estimate of drug-likeness (QED) is 0.878. The van der Waals surface area contributed by atoms with Crippen molar-refractivity contribution < 1.29 is 4.74 Å². The van der Waals surface area contributed by atoms with E-state index in [1.54, 1.807) is 24.3 Å². The fourth-order valence-electron chi connectivity index (χ4n) is 1.66. The molecule has 0 amide bonds. The van der Waals surface area contributed by atoms with Crippen LogP contribution in [-0.4, -0.2) is 16.5 Å². The van der Waals surface area contributed by atoms with Crippen molar-refractivity contribution in [2.24, 2.45) is 0 Å². The molecule has 20 heavy (non-hydrogen) atoms. The number of halogens is 2. The number of aryl methyl sites for hydroxylation is 1. The van der Waals surface area contributed by atoms with Crippen molar-refractivity contribution in [3.05, 3.63) is 40.1 Å². The van der Waals surface area contributed by atoms with Crippen molar-refractivity contribution in [2.45, 2.75) is 20.3 Å². The zero-order valence-electron chi connectivity index (χ0n) is 11.3. The third-order valence-electron chi connectivity index (χ3n) is 2.48. The Kier molecular flexibility index (Phi) is 5.04. The third kappa shape index (κ3) is 3.99. The van der Waals surface area contributed by atoms with E-state index in [2.05, 4.69) is 15.3 Å². The first kappa shape index (κ1) is 14.9. The predicted molar refractivity (Wildman–Crippen MR) is 82.1 cm³/mol. The topological polar surface area (TPSA) is 47.0 Å². The van der Waals surface area contributed by atoms with Gasteiger partial charge in [-0.3, -0.25) is 0 Å². The van der Waals surface area contributed by atoms with E-state index < -0.39 is 0 Å². The summed E-state index contributed by atoms with van der Waals surface area (Å²) >= 11 is 11.9. The molecule has 0 aliphatic carbocycles. The van der Waals surface area contributed by atoms with E-state index >= 15 is 0 Å². The van der Waals surface area contributed by atoms with Crippen LogP contribution in [0.15, 0.2) is 24.3 Å². The van der Waals surface area contributed by atoms with Gasteiger partial charge in [0.2, 0.25) is 5.88 Å². The van der Waals surface area contributed by atoms with Crippen molar-refractivity contribution in [3.8, 4) is 11.6 Å². The van der Waals surface area contributed by atoms with Gasteiger partial charge in [-0.2, -0.15) is 4.98 Å². The Balaban J connectivity index is 2.29. The highest BCUT2D eigenvalue weighted by Gasteiger charge is 2.06. The number of anilines is 1. The summed E-state index contributed by atoms with van der Waals surface area (Å²) < 4.78 is 5.71. The number of nitrogens with one attached hydrogen (secondary N) is 1. The van der Waals surface area contributed by atoms with E-state index in [0.717, 1.165) is 18.8 Å². The standard InChI is InChI=1S/C14H15Cl2N3O/c1-3-12-18-13(17-4-2)8-14(19-12)20-11-6-9(15)5-10(16)7-11/h5-8H,3-4H2,1-2H3,(H,17,18,19). The Bertz CT molecular complexity index is 585. The molecule has 0 spiro atoms. The number of ether oxygens (including phenoxy) is 1. The van der Waals surface area contributed by atoms with Crippen molar-refractivity contribution in [1.29, 1.82) is 0 Å². The lowest BCUT2D eigenvalue weighted by Crippen LogP contribution is -2.04. The van der Waals surface area contributed by atoms with Gasteiger partial charge < -0.3 is 10.1 Å². The summed E-state index contributed by atoms with van der Waals surface area (Å²) in [5.41, 5.74) is 0. The van der Waals surface area contributed by atoms with Crippen LogP contribution in [0.4, 0.5) is 5.82 Å². The number of benzene rings is 1. The summed E-state index contributed by atoms with van der Waals surface area (Å²) in [6, 6.07) is 6.77. The molecule has 1 aromatic carbocycles. The maximum Gasteiger partial charge on any atom is 0.224 e. The molecule has 0 saturated heterocycles. The minimum atomic E-state index is 0.464. The second-order valence-electron chi connectivity index (χ2n) is 4.10. The van der Waals surface area contributed by atoms with Gasteiger partial charge in [0, 0.05) is 29.1 Å². The lowest BCUT2D eigenvalue weighted by atomic mass is 10.3. The molecule has 0 fully saturated rings. The highest BCUT2D eigenvalue weighted by atomic mass is 35.5. The van der Waals surface area contributed by atoms with E-state index in [1.165, 1.54) is 0 Å². The second-order valence-corrected chi connectivity index (χ2v) is 4.97. The second kappa shape index (κ2) is 6.77. The van der Waals surface area contributed by atoms with Gasteiger partial charge in [0.05, 0.1) is 0 Å². The van der Waals surface area contributed by atoms with E-state index in [4.69, 9.17) is 27.9 Å². The molecular formula is C14H15Cl2N3O. The van der Waals surface area contributed by atoms with Gasteiger partial charge in [0.1, 0.15) is 17.4 Å². The number of nitrogens with zero attached hydrogens (tertiary/aromatic N) is 2. The first-order valence-electron chi connectivity index (χ1n) is 6.36. The number of hydrogen-bond acceptors (Lipinski definition) is 4. The van der Waals surface area contributed by atoms with E-state index in [1.807, 2.05) is 13.8 Å². The first-order chi connectivity index (χ1) is 9.60. The molecule has 2 aromatic rings. The van der Waals surface area contributed by atoms with Crippen LogP contribution in [0, 0.1) is 0 Å². The van der Waals surface area contributed by atoms with Gasteiger partial charge in [-0.25, -0.2) is 4.98 Å². The molecule has 1 heterocycles. The lowest BCUT2D eigenvalue weighted by molar-refractivity contribution is 0.459. The van der Waals surface area contributed by atoms with E-state index in [-0.39, 0.29) is 0 Å². The molecule has 0 atom stereocenters. The van der Waals surface area contributed by atoms with Crippen LogP contribution in [0.25, 0.3) is 0 Å². The fourth-order valence-corrected chi connectivity index (χ4v) is 2.17. The minimum Gasteiger partial charge on any atom is -0.439 e. The average molecular weight is 312 g/mol.